The van der Waals surface area contributed by atoms with Crippen molar-refractivity contribution in [1.29, 1.82) is 0 Å². The molecule has 4 rings (SSSR count). The Bertz CT molecular complexity index is 1020. The van der Waals surface area contributed by atoms with E-state index in [9.17, 15) is 4.79 Å². The molecule has 1 aliphatic heterocycles. The smallest absolute Gasteiger partial charge is 0.225 e. The van der Waals surface area contributed by atoms with Crippen molar-refractivity contribution in [3.8, 4) is 16.9 Å². The molecular weight excluding hydrogens is 388 g/mol. The highest BCUT2D eigenvalue weighted by atomic mass is 16.5. The van der Waals surface area contributed by atoms with E-state index in [2.05, 4.69) is 51.4 Å². The monoisotopic (exact) mass is 416 g/mol. The topological polar surface area (TPSA) is 67.3 Å². The molecule has 1 saturated heterocycles. The minimum atomic E-state index is -0.0697. The molecule has 0 saturated carbocycles. The third-order valence-electron chi connectivity index (χ3n) is 5.70. The number of carbonyl (C=O) groups is 1. The maximum absolute atomic E-state index is 12.8. The number of carbonyl (C=O) groups excluding carboxylic acids is 1. The molecule has 0 bridgehead atoms. The third kappa shape index (κ3) is 5.20. The zero-order chi connectivity index (χ0) is 21.6. The van der Waals surface area contributed by atoms with E-state index in [0.717, 1.165) is 41.8 Å². The van der Waals surface area contributed by atoms with Crippen molar-refractivity contribution in [2.75, 3.05) is 25.1 Å². The Hall–Kier alpha value is -3.41. The Morgan fingerprint density at radius 2 is 1.90 bits per heavy atom. The van der Waals surface area contributed by atoms with E-state index in [1.54, 1.807) is 7.11 Å². The number of hydrogen-bond acceptors (Lipinski definition) is 5. The number of methoxy groups -OCH3 is 1. The van der Waals surface area contributed by atoms with Gasteiger partial charge in [0, 0.05) is 37.6 Å². The minimum Gasteiger partial charge on any atom is -0.497 e. The molecule has 1 N–H and O–H groups in total. The van der Waals surface area contributed by atoms with Crippen molar-refractivity contribution in [3.05, 3.63) is 72.1 Å². The number of amides is 1. The standard InChI is InChI=1S/C25H28N4O2/c1-18-8-10-20(11-9-18)22-15-27-25(28-16-22)29-12-4-6-21(17-29)24(30)26-14-19-5-3-7-23(13-19)31-2/h3,5,7-11,13,15-16,21H,4,6,12,14,17H2,1-2H3,(H,26,30). The molecule has 160 valence electrons. The normalized spacial score (nSPS) is 16.1. The highest BCUT2D eigenvalue weighted by Crippen LogP contribution is 2.23. The highest BCUT2D eigenvalue weighted by molar-refractivity contribution is 5.79. The van der Waals surface area contributed by atoms with Gasteiger partial charge in [-0.3, -0.25) is 4.79 Å². The number of ether oxygens (including phenoxy) is 1. The van der Waals surface area contributed by atoms with E-state index >= 15 is 0 Å². The van der Waals surface area contributed by atoms with Gasteiger partial charge in [-0.15, -0.1) is 0 Å². The van der Waals surface area contributed by atoms with Gasteiger partial charge in [0.1, 0.15) is 5.75 Å². The van der Waals surface area contributed by atoms with Crippen LogP contribution in [0, 0.1) is 12.8 Å². The second kappa shape index (κ2) is 9.60. The summed E-state index contributed by atoms with van der Waals surface area (Å²) in [7, 11) is 1.64. The molecular formula is C25H28N4O2. The molecule has 1 unspecified atom stereocenters. The Labute approximate surface area is 183 Å². The summed E-state index contributed by atoms with van der Waals surface area (Å²) in [6.45, 7) is 4.06. The van der Waals surface area contributed by atoms with Crippen molar-refractivity contribution in [2.24, 2.45) is 5.92 Å². The van der Waals surface area contributed by atoms with Gasteiger partial charge in [-0.1, -0.05) is 42.0 Å². The van der Waals surface area contributed by atoms with E-state index < -0.39 is 0 Å². The quantitative estimate of drug-likeness (QED) is 0.658. The average Bonchev–Trinajstić information content (AvgIpc) is 2.83. The van der Waals surface area contributed by atoms with E-state index in [-0.39, 0.29) is 11.8 Å². The molecule has 2 heterocycles. The van der Waals surface area contributed by atoms with Crippen LogP contribution in [0.25, 0.3) is 11.1 Å². The first-order chi connectivity index (χ1) is 15.1. The van der Waals surface area contributed by atoms with Crippen LogP contribution in [0.4, 0.5) is 5.95 Å². The van der Waals surface area contributed by atoms with E-state index in [4.69, 9.17) is 4.74 Å². The largest absolute Gasteiger partial charge is 0.497 e. The first-order valence-electron chi connectivity index (χ1n) is 10.7. The molecule has 0 spiro atoms. The molecule has 2 aromatic carbocycles. The Morgan fingerprint density at radius 3 is 2.65 bits per heavy atom. The fourth-order valence-corrected chi connectivity index (χ4v) is 3.87. The predicted molar refractivity (Wildman–Crippen MR) is 122 cm³/mol. The number of aryl methyl sites for hydroxylation is 1. The number of benzene rings is 2. The summed E-state index contributed by atoms with van der Waals surface area (Å²) in [5.41, 5.74) is 4.35. The van der Waals surface area contributed by atoms with Gasteiger partial charge in [-0.2, -0.15) is 0 Å². The van der Waals surface area contributed by atoms with Crippen LogP contribution in [0.1, 0.15) is 24.0 Å². The average molecular weight is 417 g/mol. The molecule has 1 amide bonds. The first kappa shape index (κ1) is 20.8. The SMILES string of the molecule is COc1cccc(CNC(=O)C2CCCN(c3ncc(-c4ccc(C)cc4)cn3)C2)c1. The van der Waals surface area contributed by atoms with Gasteiger partial charge in [-0.25, -0.2) is 9.97 Å². The molecule has 0 radical (unpaired) electrons. The third-order valence-corrected chi connectivity index (χ3v) is 5.70. The Morgan fingerprint density at radius 1 is 1.13 bits per heavy atom. The summed E-state index contributed by atoms with van der Waals surface area (Å²) in [5.74, 6) is 1.48. The zero-order valence-electron chi connectivity index (χ0n) is 18.0. The van der Waals surface area contributed by atoms with Crippen molar-refractivity contribution in [3.63, 3.8) is 0 Å². The van der Waals surface area contributed by atoms with Crippen LogP contribution in [0.5, 0.6) is 5.75 Å². The number of aromatic nitrogens is 2. The van der Waals surface area contributed by atoms with Gasteiger partial charge in [0.25, 0.3) is 0 Å². The maximum Gasteiger partial charge on any atom is 0.225 e. The molecule has 6 nitrogen and oxygen atoms in total. The molecule has 1 aliphatic rings. The lowest BCUT2D eigenvalue weighted by Crippen LogP contribution is -2.43. The van der Waals surface area contributed by atoms with Gasteiger partial charge in [-0.05, 0) is 43.0 Å². The maximum atomic E-state index is 12.8. The number of anilines is 1. The van der Waals surface area contributed by atoms with Crippen LogP contribution in [0.15, 0.2) is 60.9 Å². The number of piperidine rings is 1. The summed E-state index contributed by atoms with van der Waals surface area (Å²) in [5, 5.41) is 3.07. The molecule has 1 aromatic heterocycles. The van der Waals surface area contributed by atoms with Gasteiger partial charge in [0.2, 0.25) is 11.9 Å². The number of rotatable bonds is 6. The number of nitrogens with zero attached hydrogens (tertiary/aromatic N) is 3. The molecule has 0 aliphatic carbocycles. The fraction of sp³-hybridized carbons (Fsp3) is 0.320. The van der Waals surface area contributed by atoms with Crippen molar-refractivity contribution in [2.45, 2.75) is 26.3 Å². The second-order valence-corrected chi connectivity index (χ2v) is 7.99. The van der Waals surface area contributed by atoms with Crippen molar-refractivity contribution in [1.82, 2.24) is 15.3 Å². The molecule has 6 heteroatoms. The van der Waals surface area contributed by atoms with Gasteiger partial charge in [0.15, 0.2) is 0 Å². The van der Waals surface area contributed by atoms with Crippen LogP contribution >= 0.6 is 0 Å². The number of hydrogen-bond donors (Lipinski definition) is 1. The van der Waals surface area contributed by atoms with Crippen LogP contribution in [0.2, 0.25) is 0 Å². The zero-order valence-corrected chi connectivity index (χ0v) is 18.0. The fourth-order valence-electron chi connectivity index (χ4n) is 3.87. The summed E-state index contributed by atoms with van der Waals surface area (Å²) < 4.78 is 5.25. The highest BCUT2D eigenvalue weighted by Gasteiger charge is 2.27. The van der Waals surface area contributed by atoms with E-state index in [1.165, 1.54) is 5.56 Å². The van der Waals surface area contributed by atoms with E-state index in [0.29, 0.717) is 19.0 Å². The first-order valence-corrected chi connectivity index (χ1v) is 10.7. The summed E-state index contributed by atoms with van der Waals surface area (Å²) in [4.78, 5) is 24.0. The molecule has 1 atom stereocenters. The van der Waals surface area contributed by atoms with Crippen LogP contribution in [0.3, 0.4) is 0 Å². The van der Waals surface area contributed by atoms with Gasteiger partial charge < -0.3 is 15.0 Å². The van der Waals surface area contributed by atoms with Crippen LogP contribution in [-0.2, 0) is 11.3 Å². The lowest BCUT2D eigenvalue weighted by Gasteiger charge is -2.32. The van der Waals surface area contributed by atoms with E-state index in [1.807, 2.05) is 36.7 Å². The lowest BCUT2D eigenvalue weighted by molar-refractivity contribution is -0.125. The van der Waals surface area contributed by atoms with Crippen LogP contribution in [-0.4, -0.2) is 36.1 Å². The number of nitrogens with one attached hydrogen (secondary N) is 1. The van der Waals surface area contributed by atoms with Crippen molar-refractivity contribution < 1.29 is 9.53 Å². The second-order valence-electron chi connectivity index (χ2n) is 7.99. The van der Waals surface area contributed by atoms with Crippen molar-refractivity contribution >= 4 is 11.9 Å². The van der Waals surface area contributed by atoms with Gasteiger partial charge in [0.05, 0.1) is 13.0 Å². The molecule has 1 fully saturated rings. The summed E-state index contributed by atoms with van der Waals surface area (Å²) in [6.07, 6.45) is 5.54. The lowest BCUT2D eigenvalue weighted by atomic mass is 9.97. The Kier molecular flexibility index (Phi) is 6.46. The minimum absolute atomic E-state index is 0.0697. The summed E-state index contributed by atoms with van der Waals surface area (Å²) >= 11 is 0. The van der Waals surface area contributed by atoms with Gasteiger partial charge >= 0.3 is 0 Å². The Balaban J connectivity index is 1.36. The molecule has 31 heavy (non-hydrogen) atoms. The van der Waals surface area contributed by atoms with Crippen LogP contribution < -0.4 is 15.0 Å². The predicted octanol–water partition coefficient (Wildman–Crippen LogP) is 3.99. The summed E-state index contributed by atoms with van der Waals surface area (Å²) in [6, 6.07) is 16.1. The molecule has 3 aromatic rings.